The lowest BCUT2D eigenvalue weighted by Crippen LogP contribution is -2.42. The molecule has 1 amide bonds. The van der Waals surface area contributed by atoms with Gasteiger partial charge in [-0.3, -0.25) is 4.79 Å². The quantitative estimate of drug-likeness (QED) is 0.508. The highest BCUT2D eigenvalue weighted by atomic mass is 16.3. The van der Waals surface area contributed by atoms with Crippen molar-refractivity contribution in [3.63, 3.8) is 0 Å². The van der Waals surface area contributed by atoms with Gasteiger partial charge in [0.25, 0.3) is 0 Å². The van der Waals surface area contributed by atoms with Crippen LogP contribution in [0.25, 0.3) is 0 Å². The van der Waals surface area contributed by atoms with E-state index in [2.05, 4.69) is 11.2 Å². The van der Waals surface area contributed by atoms with Gasteiger partial charge in [0.15, 0.2) is 0 Å². The number of rotatable bonds is 5. The molecule has 0 heterocycles. The summed E-state index contributed by atoms with van der Waals surface area (Å²) in [5.74, 6) is 2.42. The highest BCUT2D eigenvalue weighted by Crippen LogP contribution is 2.10. The fourth-order valence-corrected chi connectivity index (χ4v) is 1.37. The number of aromatic hydroxyl groups is 1. The molecular formula is C13H16N2O2. The minimum Gasteiger partial charge on any atom is -0.508 e. The topological polar surface area (TPSA) is 75.4 Å². The smallest absolute Gasteiger partial charge is 0.237 e. The van der Waals surface area contributed by atoms with Gasteiger partial charge in [0.2, 0.25) is 5.91 Å². The van der Waals surface area contributed by atoms with E-state index in [1.807, 2.05) is 0 Å². The summed E-state index contributed by atoms with van der Waals surface area (Å²) < 4.78 is 0. The van der Waals surface area contributed by atoms with Crippen LogP contribution in [0.1, 0.15) is 12.0 Å². The summed E-state index contributed by atoms with van der Waals surface area (Å²) in [7, 11) is 0. The monoisotopic (exact) mass is 232 g/mol. The number of amides is 1. The number of carbonyl (C=O) groups excluding carboxylic acids is 1. The van der Waals surface area contributed by atoms with Crippen LogP contribution in [0.3, 0.4) is 0 Å². The molecule has 1 aromatic rings. The van der Waals surface area contributed by atoms with Crippen molar-refractivity contribution in [1.29, 1.82) is 0 Å². The van der Waals surface area contributed by atoms with Crippen molar-refractivity contribution in [2.45, 2.75) is 18.9 Å². The molecular weight excluding hydrogens is 216 g/mol. The number of carbonyl (C=O) groups is 1. The molecule has 1 aromatic carbocycles. The molecule has 0 bridgehead atoms. The number of nitrogens with two attached hydrogens (primary N) is 1. The molecule has 0 saturated heterocycles. The van der Waals surface area contributed by atoms with Crippen molar-refractivity contribution in [3.05, 3.63) is 29.8 Å². The van der Waals surface area contributed by atoms with Crippen LogP contribution in [0.5, 0.6) is 5.75 Å². The molecule has 4 nitrogen and oxygen atoms in total. The van der Waals surface area contributed by atoms with E-state index in [0.717, 1.165) is 5.56 Å². The van der Waals surface area contributed by atoms with Crippen molar-refractivity contribution in [3.8, 4) is 18.1 Å². The van der Waals surface area contributed by atoms with Crippen molar-refractivity contribution in [2.75, 3.05) is 6.54 Å². The Morgan fingerprint density at radius 2 is 2.12 bits per heavy atom. The number of terminal acetylenes is 1. The van der Waals surface area contributed by atoms with Gasteiger partial charge >= 0.3 is 0 Å². The Hall–Kier alpha value is -1.99. The third-order valence-corrected chi connectivity index (χ3v) is 2.30. The fraction of sp³-hybridized carbons (Fsp3) is 0.308. The molecule has 0 aliphatic rings. The van der Waals surface area contributed by atoms with Crippen LogP contribution in [0.15, 0.2) is 24.3 Å². The lowest BCUT2D eigenvalue weighted by atomic mass is 10.1. The van der Waals surface area contributed by atoms with Crippen LogP contribution in [0.4, 0.5) is 0 Å². The third kappa shape index (κ3) is 4.58. The minimum absolute atomic E-state index is 0.195. The Labute approximate surface area is 101 Å². The molecule has 1 unspecified atom stereocenters. The Kier molecular flexibility index (Phi) is 5.05. The SMILES string of the molecule is C#CCCNC(=O)C(N)Cc1ccc(O)cc1. The summed E-state index contributed by atoms with van der Waals surface area (Å²) in [6, 6.07) is 6.02. The Morgan fingerprint density at radius 1 is 1.47 bits per heavy atom. The van der Waals surface area contributed by atoms with Gasteiger partial charge in [-0.1, -0.05) is 12.1 Å². The molecule has 1 rings (SSSR count). The van der Waals surface area contributed by atoms with E-state index in [0.29, 0.717) is 19.4 Å². The third-order valence-electron chi connectivity index (χ3n) is 2.30. The summed E-state index contributed by atoms with van der Waals surface area (Å²) in [6.45, 7) is 0.443. The molecule has 0 spiro atoms. The predicted octanol–water partition coefficient (Wildman–Crippen LogP) is 0.401. The van der Waals surface area contributed by atoms with Crippen LogP contribution < -0.4 is 11.1 Å². The van der Waals surface area contributed by atoms with Crippen LogP contribution in [-0.2, 0) is 11.2 Å². The van der Waals surface area contributed by atoms with Crippen molar-refractivity contribution in [2.24, 2.45) is 5.73 Å². The van der Waals surface area contributed by atoms with Crippen LogP contribution >= 0.6 is 0 Å². The molecule has 4 N–H and O–H groups in total. The first kappa shape index (κ1) is 13.1. The van der Waals surface area contributed by atoms with Gasteiger partial charge in [0, 0.05) is 13.0 Å². The van der Waals surface area contributed by atoms with Gasteiger partial charge in [-0.25, -0.2) is 0 Å². The van der Waals surface area contributed by atoms with Gasteiger partial charge in [-0.05, 0) is 24.1 Å². The van der Waals surface area contributed by atoms with E-state index in [4.69, 9.17) is 17.3 Å². The van der Waals surface area contributed by atoms with Gasteiger partial charge in [-0.2, -0.15) is 0 Å². The number of hydrogen-bond acceptors (Lipinski definition) is 3. The summed E-state index contributed by atoms with van der Waals surface area (Å²) in [5, 5.41) is 11.8. The van der Waals surface area contributed by atoms with E-state index in [1.165, 1.54) is 0 Å². The maximum Gasteiger partial charge on any atom is 0.237 e. The molecule has 1 atom stereocenters. The molecule has 0 saturated carbocycles. The molecule has 17 heavy (non-hydrogen) atoms. The second-order valence-corrected chi connectivity index (χ2v) is 3.72. The Balaban J connectivity index is 2.43. The molecule has 0 radical (unpaired) electrons. The largest absolute Gasteiger partial charge is 0.508 e. The normalized spacial score (nSPS) is 11.5. The number of hydrogen-bond donors (Lipinski definition) is 3. The highest BCUT2D eigenvalue weighted by molar-refractivity contribution is 5.81. The molecule has 0 aliphatic heterocycles. The number of phenolic OH excluding ortho intramolecular Hbond substituents is 1. The molecule has 0 aliphatic carbocycles. The zero-order valence-corrected chi connectivity index (χ0v) is 9.52. The van der Waals surface area contributed by atoms with Gasteiger partial charge in [-0.15, -0.1) is 12.3 Å². The summed E-state index contributed by atoms with van der Waals surface area (Å²) in [4.78, 5) is 11.5. The average Bonchev–Trinajstić information content (AvgIpc) is 2.32. The highest BCUT2D eigenvalue weighted by Gasteiger charge is 2.13. The van der Waals surface area contributed by atoms with Gasteiger partial charge in [0.05, 0.1) is 6.04 Å². The maximum atomic E-state index is 11.5. The molecule has 4 heteroatoms. The van der Waals surface area contributed by atoms with Crippen molar-refractivity contribution >= 4 is 5.91 Å². The molecule has 0 aromatic heterocycles. The Morgan fingerprint density at radius 3 is 2.71 bits per heavy atom. The van der Waals surface area contributed by atoms with E-state index < -0.39 is 6.04 Å². The molecule has 90 valence electrons. The first-order chi connectivity index (χ1) is 8.13. The first-order valence-electron chi connectivity index (χ1n) is 5.38. The van der Waals surface area contributed by atoms with E-state index in [9.17, 15) is 4.79 Å². The van der Waals surface area contributed by atoms with Gasteiger partial charge in [0.1, 0.15) is 5.75 Å². The van der Waals surface area contributed by atoms with Crippen molar-refractivity contribution in [1.82, 2.24) is 5.32 Å². The Bertz CT molecular complexity index is 406. The second kappa shape index (κ2) is 6.56. The lowest BCUT2D eigenvalue weighted by molar-refractivity contribution is -0.122. The minimum atomic E-state index is -0.600. The zero-order chi connectivity index (χ0) is 12.7. The van der Waals surface area contributed by atoms with E-state index >= 15 is 0 Å². The van der Waals surface area contributed by atoms with Gasteiger partial charge < -0.3 is 16.2 Å². The number of nitrogens with one attached hydrogen (secondary N) is 1. The summed E-state index contributed by atoms with van der Waals surface area (Å²) in [5.41, 5.74) is 6.65. The van der Waals surface area contributed by atoms with Crippen molar-refractivity contribution < 1.29 is 9.90 Å². The summed E-state index contributed by atoms with van der Waals surface area (Å²) in [6.07, 6.45) is 6.00. The molecule has 0 fully saturated rings. The predicted molar refractivity (Wildman–Crippen MR) is 66.2 cm³/mol. The zero-order valence-electron chi connectivity index (χ0n) is 9.52. The standard InChI is InChI=1S/C13H16N2O2/c1-2-3-8-15-13(17)12(14)9-10-4-6-11(16)7-5-10/h1,4-7,12,16H,3,8-9,14H2,(H,15,17). The number of phenols is 1. The van der Waals surface area contributed by atoms with Crippen LogP contribution in [0.2, 0.25) is 0 Å². The second-order valence-electron chi connectivity index (χ2n) is 3.72. The summed E-state index contributed by atoms with van der Waals surface area (Å²) >= 11 is 0. The van der Waals surface area contributed by atoms with E-state index in [1.54, 1.807) is 24.3 Å². The number of benzene rings is 1. The average molecular weight is 232 g/mol. The van der Waals surface area contributed by atoms with Crippen LogP contribution in [-0.4, -0.2) is 23.6 Å². The lowest BCUT2D eigenvalue weighted by Gasteiger charge is -2.11. The van der Waals surface area contributed by atoms with E-state index in [-0.39, 0.29) is 11.7 Å². The first-order valence-corrected chi connectivity index (χ1v) is 5.38. The fourth-order valence-electron chi connectivity index (χ4n) is 1.37. The maximum absolute atomic E-state index is 11.5. The van der Waals surface area contributed by atoms with Crippen LogP contribution in [0, 0.1) is 12.3 Å².